The maximum atomic E-state index is 12.9. The molecular weight excluding hydrogens is 327 g/mol. The van der Waals surface area contributed by atoms with Crippen LogP contribution in [0.4, 0.5) is 10.1 Å². The highest BCUT2D eigenvalue weighted by Crippen LogP contribution is 2.24. The van der Waals surface area contributed by atoms with Crippen LogP contribution in [0, 0.1) is 11.7 Å². The molecule has 1 N–H and O–H groups in total. The van der Waals surface area contributed by atoms with E-state index in [1.54, 1.807) is 12.1 Å². The molecule has 2 aromatic rings. The minimum absolute atomic E-state index is 0.0574. The van der Waals surface area contributed by atoms with E-state index in [4.69, 9.17) is 0 Å². The number of carbonyl (C=O) groups excluding carboxylic acids is 1. The van der Waals surface area contributed by atoms with Gasteiger partial charge in [-0.3, -0.25) is 4.79 Å². The lowest BCUT2D eigenvalue weighted by atomic mass is 9.99. The molecule has 1 heterocycles. The van der Waals surface area contributed by atoms with Crippen molar-refractivity contribution in [1.82, 2.24) is 5.32 Å². The van der Waals surface area contributed by atoms with Crippen molar-refractivity contribution < 1.29 is 9.18 Å². The van der Waals surface area contributed by atoms with Crippen molar-refractivity contribution >= 4 is 11.6 Å². The van der Waals surface area contributed by atoms with Gasteiger partial charge in [-0.15, -0.1) is 0 Å². The summed E-state index contributed by atoms with van der Waals surface area (Å²) >= 11 is 0. The highest BCUT2D eigenvalue weighted by atomic mass is 19.1. The van der Waals surface area contributed by atoms with Crippen LogP contribution in [0.2, 0.25) is 0 Å². The number of hydrogen-bond donors (Lipinski definition) is 1. The summed E-state index contributed by atoms with van der Waals surface area (Å²) < 4.78 is 12.9. The Morgan fingerprint density at radius 2 is 1.88 bits per heavy atom. The summed E-state index contributed by atoms with van der Waals surface area (Å²) in [6, 6.07) is 14.5. The van der Waals surface area contributed by atoms with Gasteiger partial charge in [0.2, 0.25) is 5.91 Å². The highest BCUT2D eigenvalue weighted by Gasteiger charge is 2.17. The number of rotatable bonds is 5. The lowest BCUT2D eigenvalue weighted by Gasteiger charge is -2.33. The van der Waals surface area contributed by atoms with Gasteiger partial charge in [-0.2, -0.15) is 0 Å². The van der Waals surface area contributed by atoms with E-state index in [0.29, 0.717) is 0 Å². The van der Waals surface area contributed by atoms with Gasteiger partial charge in [-0.05, 0) is 61.1 Å². The van der Waals surface area contributed by atoms with E-state index in [9.17, 15) is 9.18 Å². The zero-order valence-corrected chi connectivity index (χ0v) is 15.5. The number of hydrogen-bond acceptors (Lipinski definition) is 2. The normalized spacial score (nSPS) is 18.4. The van der Waals surface area contributed by atoms with Gasteiger partial charge in [0, 0.05) is 18.8 Å². The molecule has 1 saturated heterocycles. The molecule has 3 rings (SSSR count). The molecule has 0 saturated carbocycles. The zero-order valence-electron chi connectivity index (χ0n) is 15.5. The van der Waals surface area contributed by atoms with Crippen LogP contribution in [0.1, 0.15) is 43.9 Å². The Morgan fingerprint density at radius 3 is 2.54 bits per heavy atom. The average molecular weight is 354 g/mol. The third-order valence-corrected chi connectivity index (χ3v) is 5.07. The van der Waals surface area contributed by atoms with E-state index in [1.807, 2.05) is 6.92 Å². The van der Waals surface area contributed by atoms with Crippen LogP contribution in [0.25, 0.3) is 0 Å². The van der Waals surface area contributed by atoms with Crippen molar-refractivity contribution in [3.8, 4) is 0 Å². The molecule has 0 spiro atoms. The number of nitrogens with one attached hydrogen (secondary N) is 1. The monoisotopic (exact) mass is 354 g/mol. The first-order valence-electron chi connectivity index (χ1n) is 9.40. The molecule has 0 aromatic heterocycles. The van der Waals surface area contributed by atoms with Gasteiger partial charge in [0.05, 0.1) is 12.5 Å². The molecule has 0 bridgehead atoms. The first kappa shape index (κ1) is 18.4. The Balaban J connectivity index is 1.56. The largest absolute Gasteiger partial charge is 0.371 e. The topological polar surface area (TPSA) is 32.3 Å². The van der Waals surface area contributed by atoms with Crippen molar-refractivity contribution in [2.45, 2.75) is 39.2 Å². The SMILES string of the molecule is C[C@H]1CCCN(c2ccc([C@H](C)NC(=O)Cc3ccc(F)cc3)cc2)C1. The molecule has 26 heavy (non-hydrogen) atoms. The number of nitrogens with zero attached hydrogens (tertiary/aromatic N) is 1. The Kier molecular flexibility index (Phi) is 5.92. The van der Waals surface area contributed by atoms with E-state index in [2.05, 4.69) is 41.4 Å². The zero-order chi connectivity index (χ0) is 18.5. The number of piperidine rings is 1. The van der Waals surface area contributed by atoms with Crippen LogP contribution in [0.3, 0.4) is 0 Å². The van der Waals surface area contributed by atoms with Crippen molar-refractivity contribution in [3.05, 3.63) is 65.5 Å². The van der Waals surface area contributed by atoms with Crippen LogP contribution in [-0.4, -0.2) is 19.0 Å². The van der Waals surface area contributed by atoms with Gasteiger partial charge in [-0.1, -0.05) is 31.2 Å². The maximum absolute atomic E-state index is 12.9. The van der Waals surface area contributed by atoms with Gasteiger partial charge in [-0.25, -0.2) is 4.39 Å². The smallest absolute Gasteiger partial charge is 0.224 e. The van der Waals surface area contributed by atoms with E-state index in [-0.39, 0.29) is 24.2 Å². The van der Waals surface area contributed by atoms with Gasteiger partial charge in [0.1, 0.15) is 5.82 Å². The summed E-state index contributed by atoms with van der Waals surface area (Å²) in [4.78, 5) is 14.7. The fourth-order valence-corrected chi connectivity index (χ4v) is 3.56. The number of carbonyl (C=O) groups is 1. The van der Waals surface area contributed by atoms with Crippen molar-refractivity contribution in [2.75, 3.05) is 18.0 Å². The van der Waals surface area contributed by atoms with Crippen LogP contribution in [0.15, 0.2) is 48.5 Å². The van der Waals surface area contributed by atoms with Gasteiger partial charge in [0.25, 0.3) is 0 Å². The molecule has 2 aromatic carbocycles. The molecule has 1 aliphatic rings. The molecule has 0 radical (unpaired) electrons. The average Bonchev–Trinajstić information content (AvgIpc) is 2.64. The van der Waals surface area contributed by atoms with Gasteiger partial charge < -0.3 is 10.2 Å². The Hall–Kier alpha value is -2.36. The molecular formula is C22H27FN2O. The molecule has 2 atom stereocenters. The van der Waals surface area contributed by atoms with Crippen LogP contribution >= 0.6 is 0 Å². The number of amides is 1. The van der Waals surface area contributed by atoms with Crippen LogP contribution in [-0.2, 0) is 11.2 Å². The van der Waals surface area contributed by atoms with Crippen molar-refractivity contribution in [3.63, 3.8) is 0 Å². The second kappa shape index (κ2) is 8.35. The maximum Gasteiger partial charge on any atom is 0.224 e. The Bertz CT molecular complexity index is 727. The summed E-state index contributed by atoms with van der Waals surface area (Å²) in [5.74, 6) is 0.400. The van der Waals surface area contributed by atoms with Crippen molar-refractivity contribution in [2.24, 2.45) is 5.92 Å². The van der Waals surface area contributed by atoms with Crippen LogP contribution < -0.4 is 10.2 Å². The molecule has 1 aliphatic heterocycles. The molecule has 138 valence electrons. The summed E-state index contributed by atoms with van der Waals surface area (Å²) in [6.07, 6.45) is 2.82. The van der Waals surface area contributed by atoms with Gasteiger partial charge >= 0.3 is 0 Å². The Labute approximate surface area is 155 Å². The Morgan fingerprint density at radius 1 is 1.19 bits per heavy atom. The first-order chi connectivity index (χ1) is 12.5. The molecule has 3 nitrogen and oxygen atoms in total. The fraction of sp³-hybridized carbons (Fsp3) is 0.409. The number of anilines is 1. The first-order valence-corrected chi connectivity index (χ1v) is 9.40. The summed E-state index contributed by atoms with van der Waals surface area (Å²) in [6.45, 7) is 6.52. The van der Waals surface area contributed by atoms with E-state index in [0.717, 1.165) is 30.1 Å². The summed E-state index contributed by atoms with van der Waals surface area (Å²) in [7, 11) is 0. The van der Waals surface area contributed by atoms with Gasteiger partial charge in [0.15, 0.2) is 0 Å². The molecule has 4 heteroatoms. The van der Waals surface area contributed by atoms with E-state index >= 15 is 0 Å². The predicted octanol–water partition coefficient (Wildman–Crippen LogP) is 4.48. The molecule has 0 aliphatic carbocycles. The lowest BCUT2D eigenvalue weighted by molar-refractivity contribution is -0.121. The number of halogens is 1. The standard InChI is InChI=1S/C22H27FN2O/c1-16-4-3-13-25(15-16)21-11-7-19(8-12-21)17(2)24-22(26)14-18-5-9-20(23)10-6-18/h5-12,16-17H,3-4,13-15H2,1-2H3,(H,24,26)/t16-,17-/m0/s1. The molecule has 0 unspecified atom stereocenters. The second-order valence-electron chi connectivity index (χ2n) is 7.38. The third-order valence-electron chi connectivity index (χ3n) is 5.07. The third kappa shape index (κ3) is 4.84. The quantitative estimate of drug-likeness (QED) is 0.858. The molecule has 1 fully saturated rings. The fourth-order valence-electron chi connectivity index (χ4n) is 3.56. The second-order valence-corrected chi connectivity index (χ2v) is 7.38. The van der Waals surface area contributed by atoms with Crippen molar-refractivity contribution in [1.29, 1.82) is 0 Å². The summed E-state index contributed by atoms with van der Waals surface area (Å²) in [5, 5.41) is 3.02. The van der Waals surface area contributed by atoms with E-state index < -0.39 is 0 Å². The molecule has 1 amide bonds. The predicted molar refractivity (Wildman–Crippen MR) is 104 cm³/mol. The number of benzene rings is 2. The van der Waals surface area contributed by atoms with Crippen LogP contribution in [0.5, 0.6) is 0 Å². The van der Waals surface area contributed by atoms with E-state index in [1.165, 1.54) is 30.7 Å². The lowest BCUT2D eigenvalue weighted by Crippen LogP contribution is -2.34. The minimum atomic E-state index is -0.286. The minimum Gasteiger partial charge on any atom is -0.371 e. The highest BCUT2D eigenvalue weighted by molar-refractivity contribution is 5.79. The summed E-state index contributed by atoms with van der Waals surface area (Å²) in [5.41, 5.74) is 3.15.